The van der Waals surface area contributed by atoms with Gasteiger partial charge in [-0.2, -0.15) is 11.8 Å². The molecule has 2 atom stereocenters. The summed E-state index contributed by atoms with van der Waals surface area (Å²) in [5.74, 6) is -2.07. The smallest absolute Gasteiger partial charge is 0.311 e. The Bertz CT molecular complexity index is 1520. The van der Waals surface area contributed by atoms with E-state index in [-0.39, 0.29) is 79.2 Å². The zero-order valence-electron chi connectivity index (χ0n) is 36.3. The minimum atomic E-state index is -0.910. The van der Waals surface area contributed by atoms with E-state index < -0.39 is 35.2 Å². The second-order valence-electron chi connectivity index (χ2n) is 18.7. The van der Waals surface area contributed by atoms with Crippen molar-refractivity contribution in [1.82, 2.24) is 25.3 Å². The van der Waals surface area contributed by atoms with Crippen molar-refractivity contribution < 1.29 is 38.3 Å². The van der Waals surface area contributed by atoms with E-state index in [1.54, 1.807) is 75.6 Å². The lowest BCUT2D eigenvalue weighted by molar-refractivity contribution is -0.159. The maximum Gasteiger partial charge on any atom is 0.311 e. The Morgan fingerprint density at radius 1 is 0.684 bits per heavy atom. The Morgan fingerprint density at radius 2 is 1.16 bits per heavy atom. The topological polar surface area (TPSA) is 175 Å². The summed E-state index contributed by atoms with van der Waals surface area (Å²) >= 11 is 1.24. The van der Waals surface area contributed by atoms with Gasteiger partial charge in [0.15, 0.2) is 0 Å². The van der Waals surface area contributed by atoms with Crippen molar-refractivity contribution in [2.45, 2.75) is 134 Å². The highest BCUT2D eigenvalue weighted by molar-refractivity contribution is 7.99. The minimum Gasteiger partial charge on any atom is -0.460 e. The Balaban J connectivity index is 1.89. The van der Waals surface area contributed by atoms with Gasteiger partial charge in [0.2, 0.25) is 35.4 Å². The maximum atomic E-state index is 13.4. The Kier molecular flexibility index (Phi) is 18.5. The van der Waals surface area contributed by atoms with Gasteiger partial charge in [0, 0.05) is 30.7 Å². The summed E-state index contributed by atoms with van der Waals surface area (Å²) in [6.07, 6.45) is 2.08. The van der Waals surface area contributed by atoms with Crippen molar-refractivity contribution in [3.8, 4) is 0 Å². The first-order chi connectivity index (χ1) is 26.3. The molecule has 0 aromatic heterocycles. The van der Waals surface area contributed by atoms with E-state index >= 15 is 0 Å². The highest BCUT2D eigenvalue weighted by Crippen LogP contribution is 2.24. The van der Waals surface area contributed by atoms with E-state index in [2.05, 4.69) is 57.5 Å². The van der Waals surface area contributed by atoms with E-state index in [0.29, 0.717) is 37.1 Å². The second-order valence-corrected chi connectivity index (χ2v) is 19.8. The lowest BCUT2D eigenvalue weighted by Gasteiger charge is -2.42. The van der Waals surface area contributed by atoms with Gasteiger partial charge in [-0.05, 0) is 75.0 Å². The van der Waals surface area contributed by atoms with Gasteiger partial charge >= 0.3 is 5.97 Å². The third-order valence-electron chi connectivity index (χ3n) is 9.17. The van der Waals surface area contributed by atoms with Crippen LogP contribution in [0.3, 0.4) is 0 Å². The standard InChI is InChI=1S/C42H68N6O8S/c1-28(2)36(38(54)43-29(3)37(53)44-31-15-13-30(14-16-31)23-56-39(55)42(10,11)12)45-32(49)24-57-22-19-35(52)48-26-46(33(50)17-20-40(4,5)6)25-47(27-48)34(51)18-21-41(7,8)9/h13-16,28-29,36H,17-27H2,1-12H3,(H,43,54)(H,44,53)(H,45,49)/t29-,36-/m0/s1. The zero-order chi connectivity index (χ0) is 43.3. The van der Waals surface area contributed by atoms with Crippen LogP contribution >= 0.6 is 11.8 Å². The maximum absolute atomic E-state index is 13.4. The van der Waals surface area contributed by atoms with Crippen LogP contribution in [0.4, 0.5) is 5.69 Å². The van der Waals surface area contributed by atoms with Crippen LogP contribution in [-0.2, 0) is 44.9 Å². The lowest BCUT2D eigenvalue weighted by atomic mass is 9.90. The number of benzene rings is 1. The van der Waals surface area contributed by atoms with Crippen molar-refractivity contribution in [2.75, 3.05) is 36.8 Å². The van der Waals surface area contributed by atoms with Crippen LogP contribution in [0.5, 0.6) is 0 Å². The number of rotatable bonds is 17. The summed E-state index contributed by atoms with van der Waals surface area (Å²) in [7, 11) is 0. The average molecular weight is 817 g/mol. The highest BCUT2D eigenvalue weighted by Gasteiger charge is 2.33. The number of amides is 6. The first kappa shape index (κ1) is 49.0. The van der Waals surface area contributed by atoms with Crippen molar-refractivity contribution in [3.63, 3.8) is 0 Å². The molecule has 3 N–H and O–H groups in total. The number of thioether (sulfide) groups is 1. The molecule has 0 radical (unpaired) electrons. The van der Waals surface area contributed by atoms with Gasteiger partial charge in [-0.15, -0.1) is 0 Å². The molecule has 1 aliphatic heterocycles. The van der Waals surface area contributed by atoms with Gasteiger partial charge in [0.25, 0.3) is 0 Å². The van der Waals surface area contributed by atoms with Gasteiger partial charge in [-0.3, -0.25) is 33.6 Å². The van der Waals surface area contributed by atoms with Crippen LogP contribution in [0.25, 0.3) is 0 Å². The van der Waals surface area contributed by atoms with E-state index in [0.717, 1.165) is 5.56 Å². The Morgan fingerprint density at radius 3 is 1.60 bits per heavy atom. The van der Waals surface area contributed by atoms with Crippen molar-refractivity contribution in [1.29, 1.82) is 0 Å². The Hall–Kier alpha value is -4.14. The molecular weight excluding hydrogens is 749 g/mol. The van der Waals surface area contributed by atoms with Gasteiger partial charge in [0.1, 0.15) is 18.7 Å². The van der Waals surface area contributed by atoms with E-state index in [1.165, 1.54) is 16.7 Å². The first-order valence-corrected chi connectivity index (χ1v) is 21.0. The molecule has 1 aliphatic rings. The number of esters is 1. The van der Waals surface area contributed by atoms with Crippen molar-refractivity contribution in [2.24, 2.45) is 22.2 Å². The summed E-state index contributed by atoms with van der Waals surface area (Å²) in [4.78, 5) is 95.5. The SMILES string of the molecule is CC(C)[C@H](NC(=O)CSCCC(=O)N1CN(C(=O)CCC(C)(C)C)CN(C(=O)CCC(C)(C)C)C1)C(=O)N[C@@H](C)C(=O)Nc1ccc(COC(=O)C(C)(C)C)cc1. The fourth-order valence-corrected chi connectivity index (χ4v) is 6.14. The summed E-state index contributed by atoms with van der Waals surface area (Å²) < 4.78 is 5.33. The molecule has 1 saturated heterocycles. The number of nitrogens with one attached hydrogen (secondary N) is 3. The molecule has 1 fully saturated rings. The second kappa shape index (κ2) is 21.6. The molecule has 6 amide bonds. The predicted molar refractivity (Wildman–Crippen MR) is 223 cm³/mol. The van der Waals surface area contributed by atoms with Crippen LogP contribution in [-0.4, -0.2) is 99.7 Å². The fourth-order valence-electron chi connectivity index (χ4n) is 5.41. The summed E-state index contributed by atoms with van der Waals surface area (Å²) in [6.45, 7) is 23.3. The molecule has 15 heteroatoms. The van der Waals surface area contributed by atoms with Crippen LogP contribution in [0.1, 0.15) is 121 Å². The van der Waals surface area contributed by atoms with Gasteiger partial charge < -0.3 is 35.4 Å². The third kappa shape index (κ3) is 18.3. The molecule has 0 unspecified atom stereocenters. The average Bonchev–Trinajstić information content (AvgIpc) is 3.11. The van der Waals surface area contributed by atoms with E-state index in [9.17, 15) is 33.6 Å². The number of nitrogens with zero attached hydrogens (tertiary/aromatic N) is 3. The minimum absolute atomic E-state index is 0.0000487. The molecular formula is C42H68N6O8S. The number of ether oxygens (including phenoxy) is 1. The van der Waals surface area contributed by atoms with Crippen molar-refractivity contribution >= 4 is 58.9 Å². The predicted octanol–water partition coefficient (Wildman–Crippen LogP) is 5.51. The van der Waals surface area contributed by atoms with Crippen LogP contribution in [0.15, 0.2) is 24.3 Å². The molecule has 320 valence electrons. The Labute approximate surface area is 344 Å². The quantitative estimate of drug-likeness (QED) is 0.135. The van der Waals surface area contributed by atoms with E-state index in [1.807, 2.05) is 0 Å². The number of hydrogen-bond acceptors (Lipinski definition) is 9. The normalized spacial score (nSPS) is 14.8. The van der Waals surface area contributed by atoms with Crippen LogP contribution in [0.2, 0.25) is 0 Å². The molecule has 0 aliphatic carbocycles. The summed E-state index contributed by atoms with van der Waals surface area (Å²) in [6, 6.07) is 5.01. The molecule has 1 aromatic rings. The first-order valence-electron chi connectivity index (χ1n) is 19.8. The molecule has 0 spiro atoms. The summed E-state index contributed by atoms with van der Waals surface area (Å²) in [5, 5.41) is 8.19. The zero-order valence-corrected chi connectivity index (χ0v) is 37.2. The van der Waals surface area contributed by atoms with Crippen molar-refractivity contribution in [3.05, 3.63) is 29.8 Å². The van der Waals surface area contributed by atoms with Crippen LogP contribution < -0.4 is 16.0 Å². The number of anilines is 1. The van der Waals surface area contributed by atoms with Gasteiger partial charge in [-0.25, -0.2) is 0 Å². The molecule has 0 saturated carbocycles. The monoisotopic (exact) mass is 816 g/mol. The third-order valence-corrected chi connectivity index (χ3v) is 10.1. The molecule has 14 nitrogen and oxygen atoms in total. The molecule has 2 rings (SSSR count). The molecule has 0 bridgehead atoms. The van der Waals surface area contributed by atoms with E-state index in [4.69, 9.17) is 4.74 Å². The van der Waals surface area contributed by atoms with Crippen LogP contribution in [0, 0.1) is 22.2 Å². The highest BCUT2D eigenvalue weighted by atomic mass is 32.2. The summed E-state index contributed by atoms with van der Waals surface area (Å²) in [5.41, 5.74) is 0.569. The lowest BCUT2D eigenvalue weighted by Crippen LogP contribution is -2.59. The largest absolute Gasteiger partial charge is 0.460 e. The number of carbonyl (C=O) groups excluding carboxylic acids is 7. The fraction of sp³-hybridized carbons (Fsp3) is 0.690. The molecule has 1 aromatic carbocycles. The number of hydrogen-bond donors (Lipinski definition) is 3. The van der Waals surface area contributed by atoms with Gasteiger partial charge in [0.05, 0.1) is 31.2 Å². The van der Waals surface area contributed by atoms with Gasteiger partial charge in [-0.1, -0.05) is 67.5 Å². The molecule has 1 heterocycles. The molecule has 57 heavy (non-hydrogen) atoms. The number of carbonyl (C=O) groups is 7.